The minimum absolute atomic E-state index is 0. The fourth-order valence-corrected chi connectivity index (χ4v) is 1.63. The summed E-state index contributed by atoms with van der Waals surface area (Å²) in [7, 11) is 4.03. The minimum atomic E-state index is 0. The summed E-state index contributed by atoms with van der Waals surface area (Å²) >= 11 is 0. The van der Waals surface area contributed by atoms with E-state index in [1.807, 2.05) is 25.2 Å². The highest BCUT2D eigenvalue weighted by Crippen LogP contribution is 2.08. The Kier molecular flexibility index (Phi) is 5.11. The van der Waals surface area contributed by atoms with E-state index in [0.29, 0.717) is 0 Å². The van der Waals surface area contributed by atoms with Crippen LogP contribution in [-0.2, 0) is 13.6 Å². The van der Waals surface area contributed by atoms with Gasteiger partial charge in [0, 0.05) is 32.4 Å². The summed E-state index contributed by atoms with van der Waals surface area (Å²) in [5.41, 5.74) is 0. The maximum Gasteiger partial charge on any atom is 0.243 e. The molecule has 0 N–H and O–H groups in total. The summed E-state index contributed by atoms with van der Waals surface area (Å²) in [5, 5.41) is 0. The lowest BCUT2D eigenvalue weighted by atomic mass is 10.4. The van der Waals surface area contributed by atoms with Gasteiger partial charge in [-0.1, -0.05) is 0 Å². The molecule has 0 aliphatic carbocycles. The maximum atomic E-state index is 3.19. The smallest absolute Gasteiger partial charge is 0.243 e. The van der Waals surface area contributed by atoms with Crippen molar-refractivity contribution < 1.29 is 28.5 Å². The van der Waals surface area contributed by atoms with Gasteiger partial charge in [0.25, 0.3) is 0 Å². The van der Waals surface area contributed by atoms with Gasteiger partial charge in [-0.3, -0.25) is 0 Å². The lowest BCUT2D eigenvalue weighted by molar-refractivity contribution is -0.671. The van der Waals surface area contributed by atoms with Gasteiger partial charge in [0.05, 0.1) is 13.6 Å². The fraction of sp³-hybridized carbons (Fsp3) is 0.455. The molecule has 16 heavy (non-hydrogen) atoms. The highest BCUT2D eigenvalue weighted by Gasteiger charge is 2.10. The molecule has 0 fully saturated rings. The molecule has 2 heterocycles. The SMILES string of the molecule is CN1[C]N(CCCn2cc[n+](C)c2)C=C1.[I-]. The van der Waals surface area contributed by atoms with Crippen molar-refractivity contribution in [1.29, 1.82) is 0 Å². The minimum Gasteiger partial charge on any atom is -1.00 e. The first-order valence-corrected chi connectivity index (χ1v) is 5.19. The Balaban J connectivity index is 0.00000128. The Labute approximate surface area is 114 Å². The van der Waals surface area contributed by atoms with Crippen LogP contribution in [-0.4, -0.2) is 28.0 Å². The Hall–Kier alpha value is -0.720. The molecular formula is C11H17IN4. The van der Waals surface area contributed by atoms with Gasteiger partial charge >= 0.3 is 0 Å². The number of nitrogens with zero attached hydrogens (tertiary/aromatic N) is 4. The van der Waals surface area contributed by atoms with Crippen molar-refractivity contribution in [2.24, 2.45) is 7.05 Å². The lowest BCUT2D eigenvalue weighted by Gasteiger charge is -2.14. The van der Waals surface area contributed by atoms with Gasteiger partial charge < -0.3 is 33.8 Å². The standard InChI is InChI=1S/C11H17N4.HI/c1-12-6-8-14(10-12)4-3-5-15-9-7-13(2)11-15;/h6-10H,3-5H2,1-2H3;1H/q+1;/p-1. The van der Waals surface area contributed by atoms with E-state index < -0.39 is 0 Å². The summed E-state index contributed by atoms with van der Waals surface area (Å²) in [4.78, 5) is 4.03. The second kappa shape index (κ2) is 6.12. The van der Waals surface area contributed by atoms with Gasteiger partial charge in [0.1, 0.15) is 12.4 Å². The van der Waals surface area contributed by atoms with Crippen LogP contribution in [0.4, 0.5) is 0 Å². The van der Waals surface area contributed by atoms with E-state index in [2.05, 4.69) is 45.6 Å². The van der Waals surface area contributed by atoms with E-state index in [0.717, 1.165) is 19.5 Å². The molecule has 0 saturated heterocycles. The monoisotopic (exact) mass is 332 g/mol. The van der Waals surface area contributed by atoms with E-state index in [1.54, 1.807) is 0 Å². The predicted molar refractivity (Wildman–Crippen MR) is 57.1 cm³/mol. The zero-order valence-corrected chi connectivity index (χ0v) is 11.8. The van der Waals surface area contributed by atoms with Crippen LogP contribution in [0.1, 0.15) is 6.42 Å². The molecule has 0 unspecified atom stereocenters. The van der Waals surface area contributed by atoms with E-state index >= 15 is 0 Å². The average Bonchev–Trinajstić information content (AvgIpc) is 2.76. The van der Waals surface area contributed by atoms with Gasteiger partial charge in [-0.25, -0.2) is 9.13 Å². The predicted octanol–water partition coefficient (Wildman–Crippen LogP) is -2.58. The molecule has 1 aliphatic rings. The first-order valence-electron chi connectivity index (χ1n) is 5.19. The van der Waals surface area contributed by atoms with Gasteiger partial charge in [0.15, 0.2) is 0 Å². The number of aryl methyl sites for hydroxylation is 2. The molecule has 0 spiro atoms. The number of halogens is 1. The van der Waals surface area contributed by atoms with E-state index in [1.165, 1.54) is 0 Å². The number of hydrogen-bond donors (Lipinski definition) is 0. The van der Waals surface area contributed by atoms with Crippen molar-refractivity contribution in [3.05, 3.63) is 37.8 Å². The number of imidazole rings is 1. The first-order chi connectivity index (χ1) is 7.24. The van der Waals surface area contributed by atoms with Crippen LogP contribution < -0.4 is 28.5 Å². The zero-order valence-electron chi connectivity index (χ0n) is 9.67. The molecule has 5 heteroatoms. The molecular weight excluding hydrogens is 315 g/mol. The number of hydrogen-bond acceptors (Lipinski definition) is 2. The Bertz CT molecular complexity index is 348. The molecule has 0 atom stereocenters. The third-order valence-electron chi connectivity index (χ3n) is 2.40. The molecule has 0 aromatic carbocycles. The van der Waals surface area contributed by atoms with E-state index in [9.17, 15) is 0 Å². The Morgan fingerprint density at radius 2 is 2.06 bits per heavy atom. The summed E-state index contributed by atoms with van der Waals surface area (Å²) in [5.74, 6) is 0. The van der Waals surface area contributed by atoms with Gasteiger partial charge in [-0.2, -0.15) is 0 Å². The molecule has 1 aliphatic heterocycles. The molecule has 2 radical (unpaired) electrons. The van der Waals surface area contributed by atoms with Crippen LogP contribution in [0, 0.1) is 6.67 Å². The van der Waals surface area contributed by atoms with Crippen molar-refractivity contribution in [3.8, 4) is 0 Å². The van der Waals surface area contributed by atoms with Gasteiger partial charge in [0.2, 0.25) is 13.0 Å². The molecule has 2 rings (SSSR count). The molecule has 1 aromatic rings. The zero-order chi connectivity index (χ0) is 10.7. The van der Waals surface area contributed by atoms with Crippen LogP contribution in [0.25, 0.3) is 0 Å². The quantitative estimate of drug-likeness (QED) is 0.445. The van der Waals surface area contributed by atoms with Crippen LogP contribution in [0.2, 0.25) is 0 Å². The summed E-state index contributed by atoms with van der Waals surface area (Å²) < 4.78 is 4.26. The van der Waals surface area contributed by atoms with Crippen molar-refractivity contribution in [2.75, 3.05) is 13.6 Å². The third-order valence-corrected chi connectivity index (χ3v) is 2.40. The molecule has 4 nitrogen and oxygen atoms in total. The molecule has 88 valence electrons. The van der Waals surface area contributed by atoms with Crippen LogP contribution >= 0.6 is 0 Å². The first kappa shape index (κ1) is 13.3. The topological polar surface area (TPSA) is 15.3 Å². The number of aromatic nitrogens is 2. The van der Waals surface area contributed by atoms with Gasteiger partial charge in [-0.05, 0) is 0 Å². The Morgan fingerprint density at radius 1 is 1.25 bits per heavy atom. The van der Waals surface area contributed by atoms with Crippen molar-refractivity contribution in [3.63, 3.8) is 0 Å². The largest absolute Gasteiger partial charge is 1.00 e. The van der Waals surface area contributed by atoms with Crippen molar-refractivity contribution in [1.82, 2.24) is 14.4 Å². The highest BCUT2D eigenvalue weighted by molar-refractivity contribution is 4.94. The van der Waals surface area contributed by atoms with E-state index in [-0.39, 0.29) is 24.0 Å². The maximum absolute atomic E-state index is 3.19. The second-order valence-electron chi connectivity index (χ2n) is 3.87. The second-order valence-corrected chi connectivity index (χ2v) is 3.87. The van der Waals surface area contributed by atoms with E-state index in [4.69, 9.17) is 0 Å². The molecule has 0 saturated carbocycles. The molecule has 1 aromatic heterocycles. The summed E-state index contributed by atoms with van der Waals surface area (Å²) in [6, 6.07) is 0. The average molecular weight is 332 g/mol. The normalized spacial score (nSPS) is 14.4. The molecule has 0 amide bonds. The fourth-order valence-electron chi connectivity index (χ4n) is 1.63. The lowest BCUT2D eigenvalue weighted by Crippen LogP contribution is -3.00. The number of rotatable bonds is 4. The van der Waals surface area contributed by atoms with Crippen LogP contribution in [0.3, 0.4) is 0 Å². The summed E-state index contributed by atoms with van der Waals surface area (Å²) in [6.07, 6.45) is 11.4. The van der Waals surface area contributed by atoms with Crippen LogP contribution in [0.5, 0.6) is 0 Å². The van der Waals surface area contributed by atoms with Gasteiger partial charge in [-0.15, -0.1) is 0 Å². The highest BCUT2D eigenvalue weighted by atomic mass is 127. The van der Waals surface area contributed by atoms with Crippen molar-refractivity contribution >= 4 is 0 Å². The molecule has 0 bridgehead atoms. The Morgan fingerprint density at radius 3 is 2.62 bits per heavy atom. The summed E-state index contributed by atoms with van der Waals surface area (Å²) in [6.45, 7) is 5.26. The van der Waals surface area contributed by atoms with Crippen molar-refractivity contribution in [2.45, 2.75) is 13.0 Å². The van der Waals surface area contributed by atoms with Crippen LogP contribution in [0.15, 0.2) is 31.1 Å². The third kappa shape index (κ3) is 3.70.